The minimum Gasteiger partial charge on any atom is -0.476 e. The van der Waals surface area contributed by atoms with Gasteiger partial charge in [0, 0.05) is 30.2 Å². The molecule has 0 radical (unpaired) electrons. The Bertz CT molecular complexity index is 1330. The Morgan fingerprint density at radius 3 is 2.51 bits per heavy atom. The molecule has 0 amide bonds. The highest BCUT2D eigenvalue weighted by Crippen LogP contribution is 2.72. The summed E-state index contributed by atoms with van der Waals surface area (Å²) in [6.07, 6.45) is -9.74. The highest BCUT2D eigenvalue weighted by molar-refractivity contribution is 6.32. The molecule has 3 aliphatic heterocycles. The smallest absolute Gasteiger partial charge is 0.339 e. The average Bonchev–Trinajstić information content (AvgIpc) is 3.52. The van der Waals surface area contributed by atoms with Gasteiger partial charge in [0.25, 0.3) is 5.79 Å². The zero-order valence-electron chi connectivity index (χ0n) is 19.5. The van der Waals surface area contributed by atoms with Crippen LogP contribution in [0.2, 0.25) is 5.02 Å². The van der Waals surface area contributed by atoms with E-state index in [2.05, 4.69) is 0 Å². The summed E-state index contributed by atoms with van der Waals surface area (Å²) < 4.78 is 28.8. The van der Waals surface area contributed by atoms with Gasteiger partial charge in [-0.3, -0.25) is 4.79 Å². The summed E-state index contributed by atoms with van der Waals surface area (Å²) in [7, 11) is 1.15. The predicted octanol–water partition coefficient (Wildman–Crippen LogP) is -1.22. The maximum absolute atomic E-state index is 13.6. The predicted molar refractivity (Wildman–Crippen MR) is 117 cm³/mol. The Balaban J connectivity index is 1.58. The summed E-state index contributed by atoms with van der Waals surface area (Å²) in [6.45, 7) is 0.728. The van der Waals surface area contributed by atoms with Crippen molar-refractivity contribution in [2.75, 3.05) is 13.7 Å². The molecule has 1 spiro atoms. The van der Waals surface area contributed by atoms with Gasteiger partial charge in [-0.25, -0.2) is 4.79 Å². The Morgan fingerprint density at radius 2 is 1.81 bits per heavy atom. The number of aliphatic hydroxyl groups excluding tert-OH is 4. The minimum absolute atomic E-state index is 0.00981. The van der Waals surface area contributed by atoms with E-state index >= 15 is 0 Å². The van der Waals surface area contributed by atoms with Crippen LogP contribution in [0.25, 0.3) is 0 Å². The second kappa shape index (κ2) is 6.89. The van der Waals surface area contributed by atoms with Crippen LogP contribution in [0.5, 0.6) is 0 Å². The fourth-order valence-electron chi connectivity index (χ4n) is 7.15. The topological polar surface area (TPSA) is 185 Å². The van der Waals surface area contributed by atoms with Gasteiger partial charge in [-0.1, -0.05) is 23.7 Å². The van der Waals surface area contributed by atoms with Crippen molar-refractivity contribution in [3.8, 4) is 0 Å². The first kappa shape index (κ1) is 23.9. The molecule has 0 aromatic heterocycles. The quantitative estimate of drug-likeness (QED) is 0.212. The molecule has 198 valence electrons. The fraction of sp³-hybridized carbons (Fsp3) is 0.583. The van der Waals surface area contributed by atoms with Crippen molar-refractivity contribution in [3.63, 3.8) is 0 Å². The Kier molecular flexibility index (Phi) is 4.46. The molecule has 1 aromatic carbocycles. The number of halogens is 1. The summed E-state index contributed by atoms with van der Waals surface area (Å²) >= 11 is 6.76. The molecular formula is C24H23ClO12. The number of esters is 1. The van der Waals surface area contributed by atoms with Crippen LogP contribution >= 0.6 is 11.6 Å². The van der Waals surface area contributed by atoms with Crippen molar-refractivity contribution in [1.29, 1.82) is 0 Å². The van der Waals surface area contributed by atoms with Crippen molar-refractivity contribution >= 4 is 23.4 Å². The molecule has 3 heterocycles. The molecule has 2 saturated heterocycles. The van der Waals surface area contributed by atoms with Crippen LogP contribution in [0, 0.1) is 0 Å². The number of methoxy groups -OCH3 is 1. The van der Waals surface area contributed by atoms with E-state index < -0.39 is 83.3 Å². The average molecular weight is 539 g/mol. The molecule has 7 rings (SSSR count). The van der Waals surface area contributed by atoms with Crippen molar-refractivity contribution in [3.05, 3.63) is 45.2 Å². The largest absolute Gasteiger partial charge is 0.476 e. The lowest BCUT2D eigenvalue weighted by molar-refractivity contribution is -0.387. The molecule has 3 fully saturated rings. The highest BCUT2D eigenvalue weighted by atomic mass is 35.5. The van der Waals surface area contributed by atoms with Crippen LogP contribution in [0.3, 0.4) is 0 Å². The number of aliphatic hydroxyl groups is 5. The molecule has 5 N–H and O–H groups in total. The van der Waals surface area contributed by atoms with Crippen LogP contribution in [0.4, 0.5) is 0 Å². The van der Waals surface area contributed by atoms with Crippen molar-refractivity contribution < 1.29 is 58.8 Å². The molecule has 10 atom stereocenters. The molecule has 5 bridgehead atoms. The van der Waals surface area contributed by atoms with Gasteiger partial charge in [-0.05, 0) is 12.5 Å². The number of cyclic esters (lactones) is 1. The maximum atomic E-state index is 13.6. The first-order valence-corrected chi connectivity index (χ1v) is 12.1. The lowest BCUT2D eigenvalue weighted by Crippen LogP contribution is -2.70. The monoisotopic (exact) mass is 538 g/mol. The number of Topliss-reactive ketones (excluding diaryl/α,β-unsaturated/α-hetero) is 1. The highest BCUT2D eigenvalue weighted by Gasteiger charge is 2.88. The number of carbonyl (C=O) groups is 2. The van der Waals surface area contributed by atoms with E-state index in [-0.39, 0.29) is 33.7 Å². The number of benzene rings is 1. The van der Waals surface area contributed by atoms with E-state index in [0.29, 0.717) is 0 Å². The van der Waals surface area contributed by atoms with Crippen LogP contribution in [0.1, 0.15) is 42.2 Å². The number of hydrogen-bond donors (Lipinski definition) is 5. The van der Waals surface area contributed by atoms with Crippen LogP contribution < -0.4 is 0 Å². The van der Waals surface area contributed by atoms with E-state index in [9.17, 15) is 35.1 Å². The molecule has 1 saturated carbocycles. The summed E-state index contributed by atoms with van der Waals surface area (Å²) in [5, 5.41) is 56.9. The number of carbonyl (C=O) groups excluding carboxylic acids is 2. The molecule has 12 nitrogen and oxygen atoms in total. The van der Waals surface area contributed by atoms with Crippen LogP contribution in [-0.4, -0.2) is 92.4 Å². The summed E-state index contributed by atoms with van der Waals surface area (Å²) in [5.41, 5.74) is -6.36. The third kappa shape index (κ3) is 2.28. The normalized spacial score (nSPS) is 49.1. The summed E-state index contributed by atoms with van der Waals surface area (Å²) in [4.78, 5) is 26.6. The molecular weight excluding hydrogens is 516 g/mol. The SMILES string of the molecule is CO[C@H]1C(=O)OC[C@H](O)c2ccc3c(c2Cl)[C@@]24O[C@]5(O)C(=C(C)C(=O)C16OC65)OC2([C@H](O)C[C@H]4O)[C@@H]3O. The lowest BCUT2D eigenvalue weighted by Gasteiger charge is -2.55. The number of ketones is 1. The van der Waals surface area contributed by atoms with Gasteiger partial charge in [0.2, 0.25) is 0 Å². The summed E-state index contributed by atoms with van der Waals surface area (Å²) in [5.74, 6) is -4.80. The van der Waals surface area contributed by atoms with E-state index in [4.69, 9.17) is 35.3 Å². The lowest BCUT2D eigenvalue weighted by atomic mass is 9.75. The Morgan fingerprint density at radius 1 is 1.11 bits per heavy atom. The number of hydrogen-bond acceptors (Lipinski definition) is 12. The van der Waals surface area contributed by atoms with Crippen LogP contribution in [-0.2, 0) is 38.9 Å². The molecule has 6 aliphatic rings. The van der Waals surface area contributed by atoms with Gasteiger partial charge < -0.3 is 49.2 Å². The second-order valence-corrected chi connectivity index (χ2v) is 10.7. The van der Waals surface area contributed by atoms with Crippen molar-refractivity contribution in [2.24, 2.45) is 0 Å². The molecule has 37 heavy (non-hydrogen) atoms. The standard InChI is InChI=1S/C24H23ClO12/c1-7-15(29)21-18(33-2)19(31)34-6-10(26)8-3-4-9-13(14(8)25)22-11(27)5-12(28)23(22,16(9)30)35-17(7)24(32,37-22)20(21)36-21/h3-4,10-12,16,18,20,26-28,30,32H,5-6H2,1-2H3/t10-,11+,12+,16+,18-,20?,21?,22+,23?,24+/m0/s1. The zero-order valence-corrected chi connectivity index (χ0v) is 20.3. The first-order valence-electron chi connectivity index (χ1n) is 11.7. The number of ether oxygens (including phenoxy) is 5. The number of epoxide rings is 1. The molecule has 3 unspecified atom stereocenters. The van der Waals surface area contributed by atoms with E-state index in [1.807, 2.05) is 0 Å². The first-order chi connectivity index (χ1) is 17.4. The third-order valence-electron chi connectivity index (χ3n) is 8.80. The number of rotatable bonds is 1. The van der Waals surface area contributed by atoms with Crippen molar-refractivity contribution in [1.82, 2.24) is 0 Å². The number of fused-ring (bicyclic) bond motifs is 1. The summed E-state index contributed by atoms with van der Waals surface area (Å²) in [6, 6.07) is 2.82. The van der Waals surface area contributed by atoms with Gasteiger partial charge in [0.05, 0.1) is 11.1 Å². The molecule has 13 heteroatoms. The minimum atomic E-state index is -2.57. The molecule has 1 aromatic rings. The van der Waals surface area contributed by atoms with E-state index in [1.54, 1.807) is 0 Å². The van der Waals surface area contributed by atoms with Gasteiger partial charge in [0.15, 0.2) is 40.6 Å². The molecule has 3 aliphatic carbocycles. The van der Waals surface area contributed by atoms with Gasteiger partial charge in [-0.2, -0.15) is 0 Å². The van der Waals surface area contributed by atoms with Gasteiger partial charge >= 0.3 is 5.97 Å². The van der Waals surface area contributed by atoms with Gasteiger partial charge in [0.1, 0.15) is 24.9 Å². The van der Waals surface area contributed by atoms with E-state index in [1.165, 1.54) is 19.1 Å². The van der Waals surface area contributed by atoms with Gasteiger partial charge in [-0.15, -0.1) is 0 Å². The Labute approximate surface area is 213 Å². The zero-order chi connectivity index (χ0) is 26.4. The maximum Gasteiger partial charge on any atom is 0.339 e. The second-order valence-electron chi connectivity index (χ2n) is 10.4. The third-order valence-corrected chi connectivity index (χ3v) is 9.21. The van der Waals surface area contributed by atoms with Crippen molar-refractivity contribution in [2.45, 2.75) is 72.6 Å². The van der Waals surface area contributed by atoms with E-state index in [0.717, 1.165) is 7.11 Å². The Hall–Kier alpha value is -2.13. The fourth-order valence-corrected chi connectivity index (χ4v) is 7.59. The van der Waals surface area contributed by atoms with Crippen LogP contribution in [0.15, 0.2) is 23.5 Å².